The summed E-state index contributed by atoms with van der Waals surface area (Å²) in [7, 11) is 1.73. The molecule has 0 spiro atoms. The summed E-state index contributed by atoms with van der Waals surface area (Å²) in [6.45, 7) is 12.1. The summed E-state index contributed by atoms with van der Waals surface area (Å²) < 4.78 is 10.9. The van der Waals surface area contributed by atoms with E-state index in [0.717, 1.165) is 45.0 Å². The Morgan fingerprint density at radius 1 is 1.16 bits per heavy atom. The Kier molecular flexibility index (Phi) is 9.39. The minimum Gasteiger partial charge on any atom is -0.383 e. The number of nitrogens with one attached hydrogen (secondary N) is 1. The monoisotopic (exact) mass is 546 g/mol. The van der Waals surface area contributed by atoms with Gasteiger partial charge in [0.25, 0.3) is 5.91 Å². The number of hydrogen-bond acceptors (Lipinski definition) is 8. The largest absolute Gasteiger partial charge is 0.383 e. The molecule has 3 saturated heterocycles. The number of benzene rings is 1. The second-order valence-electron chi connectivity index (χ2n) is 11.6. The molecule has 1 N–H and O–H groups in total. The molecule has 3 heterocycles. The Labute approximate surface area is 230 Å². The average Bonchev–Trinajstić information content (AvgIpc) is 3.46. The summed E-state index contributed by atoms with van der Waals surface area (Å²) in [5.41, 5.74) is 1.40. The van der Waals surface area contributed by atoms with Gasteiger partial charge in [-0.1, -0.05) is 20.8 Å². The molecule has 1 unspecified atom stereocenters. The van der Waals surface area contributed by atoms with Crippen molar-refractivity contribution in [1.82, 2.24) is 15.1 Å². The zero-order valence-electron chi connectivity index (χ0n) is 23.3. The van der Waals surface area contributed by atoms with Crippen molar-refractivity contribution in [2.75, 3.05) is 70.7 Å². The number of Topliss-reactive ketones (excluding diaryl/α,β-unsaturated/α-hetero) is 1. The third-order valence-electron chi connectivity index (χ3n) is 7.62. The van der Waals surface area contributed by atoms with Crippen LogP contribution >= 0.6 is 11.8 Å². The van der Waals surface area contributed by atoms with Gasteiger partial charge >= 0.3 is 0 Å². The molecule has 4 rings (SSSR count). The fraction of sp³-hybridized carbons (Fsp3) is 0.679. The molecular weight excluding hydrogens is 504 g/mol. The summed E-state index contributed by atoms with van der Waals surface area (Å²) in [6.07, 6.45) is 2.17. The van der Waals surface area contributed by atoms with E-state index >= 15 is 0 Å². The number of thioether (sulfide) groups is 1. The summed E-state index contributed by atoms with van der Waals surface area (Å²) in [5, 5.41) is 3.05. The number of likely N-dealkylation sites (tertiary alicyclic amines) is 1. The molecule has 38 heavy (non-hydrogen) atoms. The van der Waals surface area contributed by atoms with E-state index in [2.05, 4.69) is 15.1 Å². The molecule has 10 heteroatoms. The van der Waals surface area contributed by atoms with Gasteiger partial charge in [0, 0.05) is 57.6 Å². The highest BCUT2D eigenvalue weighted by molar-refractivity contribution is 7.99. The van der Waals surface area contributed by atoms with Crippen molar-refractivity contribution >= 4 is 35.0 Å². The molecule has 0 radical (unpaired) electrons. The highest BCUT2D eigenvalue weighted by atomic mass is 32.2. The highest BCUT2D eigenvalue weighted by Crippen LogP contribution is 2.34. The van der Waals surface area contributed by atoms with Gasteiger partial charge in [0.1, 0.15) is 18.7 Å². The van der Waals surface area contributed by atoms with E-state index in [9.17, 15) is 14.4 Å². The number of carbonyl (C=O) groups is 3. The zero-order chi connectivity index (χ0) is 27.4. The standard InChI is InChI=1S/C28H42N4O5S/c1-28(2,3)16-21(27(35)32-17-23(38-5)25-24(32)22(33)18-37-25)29-26(34)19-6-8-20(9-7-19)31-12-10-30(11-13-31)14-15-36-4/h6-9,21,23-25H,10-18H2,1-5H3,(H,29,34)/t21?,23-,24+,25+/m0/s1. The number of anilines is 1. The predicted molar refractivity (Wildman–Crippen MR) is 150 cm³/mol. The van der Waals surface area contributed by atoms with Gasteiger partial charge in [-0.15, -0.1) is 0 Å². The molecular formula is C28H42N4O5S. The molecule has 2 amide bonds. The normalized spacial score (nSPS) is 25.0. The van der Waals surface area contributed by atoms with Crippen LogP contribution in [0.2, 0.25) is 0 Å². The van der Waals surface area contributed by atoms with Crippen molar-refractivity contribution < 1.29 is 23.9 Å². The molecule has 1 aromatic rings. The minimum absolute atomic E-state index is 0.0427. The van der Waals surface area contributed by atoms with Crippen molar-refractivity contribution in [2.45, 2.75) is 50.6 Å². The van der Waals surface area contributed by atoms with Crippen LogP contribution in [0.1, 0.15) is 37.6 Å². The Morgan fingerprint density at radius 2 is 1.84 bits per heavy atom. The van der Waals surface area contributed by atoms with Crippen LogP contribution < -0.4 is 10.2 Å². The third kappa shape index (κ3) is 6.70. The Balaban J connectivity index is 1.42. The van der Waals surface area contributed by atoms with E-state index in [1.54, 1.807) is 23.8 Å². The van der Waals surface area contributed by atoms with Gasteiger partial charge < -0.3 is 24.6 Å². The van der Waals surface area contributed by atoms with Crippen molar-refractivity contribution in [2.24, 2.45) is 5.41 Å². The molecule has 3 fully saturated rings. The number of methoxy groups -OCH3 is 1. The molecule has 3 aliphatic rings. The van der Waals surface area contributed by atoms with Gasteiger partial charge in [-0.25, -0.2) is 0 Å². The van der Waals surface area contributed by atoms with Crippen LogP contribution in [0.4, 0.5) is 5.69 Å². The van der Waals surface area contributed by atoms with Gasteiger partial charge in [0.2, 0.25) is 5.91 Å². The molecule has 9 nitrogen and oxygen atoms in total. The lowest BCUT2D eigenvalue weighted by Gasteiger charge is -2.36. The Morgan fingerprint density at radius 3 is 2.45 bits per heavy atom. The number of piperazine rings is 1. The van der Waals surface area contributed by atoms with Crippen LogP contribution in [0.25, 0.3) is 0 Å². The molecule has 0 saturated carbocycles. The average molecular weight is 547 g/mol. The maximum absolute atomic E-state index is 13.8. The smallest absolute Gasteiger partial charge is 0.251 e. The quantitative estimate of drug-likeness (QED) is 0.502. The van der Waals surface area contributed by atoms with Crippen molar-refractivity contribution in [3.63, 3.8) is 0 Å². The summed E-state index contributed by atoms with van der Waals surface area (Å²) in [5.74, 6) is -0.549. The van der Waals surface area contributed by atoms with E-state index in [0.29, 0.717) is 18.5 Å². The Bertz CT molecular complexity index is 990. The van der Waals surface area contributed by atoms with E-state index in [1.807, 2.05) is 51.3 Å². The van der Waals surface area contributed by atoms with Crippen LogP contribution in [0.5, 0.6) is 0 Å². The predicted octanol–water partition coefficient (Wildman–Crippen LogP) is 1.90. The molecule has 1 aromatic carbocycles. The maximum atomic E-state index is 13.8. The van der Waals surface area contributed by atoms with Gasteiger partial charge in [0.15, 0.2) is 5.78 Å². The lowest BCUT2D eigenvalue weighted by atomic mass is 9.87. The number of carbonyl (C=O) groups excluding carboxylic acids is 3. The number of fused-ring (bicyclic) bond motifs is 1. The summed E-state index contributed by atoms with van der Waals surface area (Å²) >= 11 is 1.61. The molecule has 3 aliphatic heterocycles. The first-order chi connectivity index (χ1) is 18.1. The van der Waals surface area contributed by atoms with E-state index in [-0.39, 0.29) is 41.0 Å². The molecule has 0 bridgehead atoms. The molecule has 4 atom stereocenters. The number of hydrogen-bond donors (Lipinski definition) is 1. The first kappa shape index (κ1) is 28.9. The maximum Gasteiger partial charge on any atom is 0.251 e. The SMILES string of the molecule is COCCN1CCN(c2ccc(C(=O)NC(CC(C)(C)C)C(=O)N3C[C@H](SC)[C@H]4OCC(=O)[C@H]43)cc2)CC1. The zero-order valence-corrected chi connectivity index (χ0v) is 24.1. The van der Waals surface area contributed by atoms with Gasteiger partial charge in [0.05, 0.1) is 18.0 Å². The van der Waals surface area contributed by atoms with Crippen molar-refractivity contribution in [3.05, 3.63) is 29.8 Å². The van der Waals surface area contributed by atoms with Crippen LogP contribution in [-0.4, -0.2) is 117 Å². The molecule has 0 aliphatic carbocycles. The minimum atomic E-state index is -0.725. The van der Waals surface area contributed by atoms with Crippen LogP contribution in [0, 0.1) is 5.41 Å². The Hall–Kier alpha value is -2.14. The fourth-order valence-electron chi connectivity index (χ4n) is 5.57. The topological polar surface area (TPSA) is 91.4 Å². The fourth-order valence-corrected chi connectivity index (χ4v) is 6.38. The summed E-state index contributed by atoms with van der Waals surface area (Å²) in [6, 6.07) is 6.31. The van der Waals surface area contributed by atoms with E-state index in [4.69, 9.17) is 9.47 Å². The number of nitrogens with zero attached hydrogens (tertiary/aromatic N) is 3. The van der Waals surface area contributed by atoms with Gasteiger partial charge in [-0.2, -0.15) is 11.8 Å². The molecule has 210 valence electrons. The number of rotatable bonds is 9. The first-order valence-corrected chi connectivity index (χ1v) is 14.7. The second kappa shape index (κ2) is 12.4. The van der Waals surface area contributed by atoms with Crippen LogP contribution in [0.15, 0.2) is 24.3 Å². The van der Waals surface area contributed by atoms with Crippen LogP contribution in [0.3, 0.4) is 0 Å². The first-order valence-electron chi connectivity index (χ1n) is 13.5. The van der Waals surface area contributed by atoms with E-state index < -0.39 is 12.1 Å². The van der Waals surface area contributed by atoms with Crippen molar-refractivity contribution in [1.29, 1.82) is 0 Å². The van der Waals surface area contributed by atoms with Crippen LogP contribution in [-0.2, 0) is 19.1 Å². The highest BCUT2D eigenvalue weighted by Gasteiger charge is 2.53. The third-order valence-corrected chi connectivity index (χ3v) is 8.65. The lowest BCUT2D eigenvalue weighted by molar-refractivity contribution is -0.138. The number of ether oxygens (including phenoxy) is 2. The second-order valence-corrected chi connectivity index (χ2v) is 12.7. The van der Waals surface area contributed by atoms with Gasteiger partial charge in [-0.3, -0.25) is 19.3 Å². The lowest BCUT2D eigenvalue weighted by Crippen LogP contribution is -2.53. The van der Waals surface area contributed by atoms with Gasteiger partial charge in [-0.05, 0) is 42.4 Å². The number of amides is 2. The summed E-state index contributed by atoms with van der Waals surface area (Å²) in [4.78, 5) is 46.0. The van der Waals surface area contributed by atoms with Crippen molar-refractivity contribution in [3.8, 4) is 0 Å². The van der Waals surface area contributed by atoms with E-state index in [1.165, 1.54) is 0 Å². The number of ketones is 1. The molecule has 0 aromatic heterocycles.